The molecule has 0 aromatic heterocycles. The second-order valence-corrected chi connectivity index (χ2v) is 7.88. The molecule has 0 spiro atoms. The molecule has 1 aliphatic heterocycles. The highest BCUT2D eigenvalue weighted by atomic mass is 79.9. The summed E-state index contributed by atoms with van der Waals surface area (Å²) in [6.07, 6.45) is 1.69. The number of hydrogen-bond acceptors (Lipinski definition) is 5. The second kappa shape index (κ2) is 9.06. The van der Waals surface area contributed by atoms with Gasteiger partial charge in [0.05, 0.1) is 14.9 Å². The normalized spacial score (nSPS) is 14.6. The Labute approximate surface area is 179 Å². The van der Waals surface area contributed by atoms with Crippen LogP contribution in [-0.2, 0) is 16.2 Å². The average molecular weight is 475 g/mol. The number of amides is 2. The summed E-state index contributed by atoms with van der Waals surface area (Å²) in [5.41, 5.74) is 1.83. The zero-order valence-electron chi connectivity index (χ0n) is 15.1. The quantitative estimate of drug-likeness (QED) is 0.637. The molecule has 1 aliphatic rings. The molecule has 7 nitrogen and oxygen atoms in total. The summed E-state index contributed by atoms with van der Waals surface area (Å²) in [5, 5.41) is 11.7. The maximum atomic E-state index is 11.9. The van der Waals surface area contributed by atoms with E-state index in [-0.39, 0.29) is 23.2 Å². The summed E-state index contributed by atoms with van der Waals surface area (Å²) in [5.74, 6) is -1.05. The molecule has 9 heteroatoms. The third kappa shape index (κ3) is 5.55. The molecule has 0 radical (unpaired) electrons. The fourth-order valence-corrected chi connectivity index (χ4v) is 3.76. The van der Waals surface area contributed by atoms with Gasteiger partial charge in [-0.1, -0.05) is 18.2 Å². The topological polar surface area (TPSA) is 105 Å². The van der Waals surface area contributed by atoms with Gasteiger partial charge in [-0.25, -0.2) is 4.79 Å². The zero-order chi connectivity index (χ0) is 21.0. The van der Waals surface area contributed by atoms with Crippen molar-refractivity contribution in [1.29, 1.82) is 0 Å². The summed E-state index contributed by atoms with van der Waals surface area (Å²) in [7, 11) is 0. The molecule has 0 fully saturated rings. The first kappa shape index (κ1) is 20.8. The molecule has 0 atom stereocenters. The number of carbonyl (C=O) groups excluding carboxylic acids is 2. The Balaban J connectivity index is 1.65. The highest BCUT2D eigenvalue weighted by molar-refractivity contribution is 9.10. The van der Waals surface area contributed by atoms with Crippen molar-refractivity contribution in [2.24, 2.45) is 4.99 Å². The molecule has 2 aromatic carbocycles. The highest BCUT2D eigenvalue weighted by Crippen LogP contribution is 2.31. The van der Waals surface area contributed by atoms with Gasteiger partial charge in [-0.2, -0.15) is 4.99 Å². The van der Waals surface area contributed by atoms with Gasteiger partial charge in [0.2, 0.25) is 5.91 Å². The molecule has 2 N–H and O–H groups in total. The van der Waals surface area contributed by atoms with E-state index in [0.29, 0.717) is 15.1 Å². The van der Waals surface area contributed by atoms with E-state index in [1.807, 2.05) is 0 Å². The number of carboxylic acids is 1. The number of aromatic carboxylic acids is 1. The number of hydrogen-bond donors (Lipinski definition) is 2. The van der Waals surface area contributed by atoms with Crippen molar-refractivity contribution < 1.29 is 24.2 Å². The number of ether oxygens (including phenoxy) is 1. The van der Waals surface area contributed by atoms with E-state index >= 15 is 0 Å². The van der Waals surface area contributed by atoms with Crippen LogP contribution in [0.15, 0.2) is 56.8 Å². The maximum Gasteiger partial charge on any atom is 0.335 e. The number of aliphatic imine (C=N–C) groups is 1. The van der Waals surface area contributed by atoms with E-state index in [4.69, 9.17) is 9.84 Å². The van der Waals surface area contributed by atoms with Gasteiger partial charge in [-0.05, 0) is 69.2 Å². The van der Waals surface area contributed by atoms with E-state index in [1.54, 1.807) is 36.4 Å². The Morgan fingerprint density at radius 2 is 1.97 bits per heavy atom. The molecular weight excluding hydrogens is 460 g/mol. The van der Waals surface area contributed by atoms with Gasteiger partial charge in [0.15, 0.2) is 5.17 Å². The van der Waals surface area contributed by atoms with Crippen LogP contribution in [0.4, 0.5) is 0 Å². The van der Waals surface area contributed by atoms with E-state index in [9.17, 15) is 14.4 Å². The molecule has 0 bridgehead atoms. The molecule has 148 valence electrons. The lowest BCUT2D eigenvalue weighted by Gasteiger charge is -2.09. The van der Waals surface area contributed by atoms with Crippen molar-refractivity contribution in [3.8, 4) is 5.75 Å². The Hall–Kier alpha value is -2.91. The van der Waals surface area contributed by atoms with E-state index in [1.165, 1.54) is 19.1 Å². The first-order valence-electron chi connectivity index (χ1n) is 8.36. The molecule has 2 aromatic rings. The maximum absolute atomic E-state index is 11.9. The minimum absolute atomic E-state index is 0.220. The number of nitrogens with zero attached hydrogens (tertiary/aromatic N) is 1. The fourth-order valence-electron chi connectivity index (χ4n) is 2.39. The van der Waals surface area contributed by atoms with Gasteiger partial charge in [0.1, 0.15) is 12.4 Å². The van der Waals surface area contributed by atoms with Gasteiger partial charge in [0.25, 0.3) is 5.91 Å². The predicted molar refractivity (Wildman–Crippen MR) is 114 cm³/mol. The number of halogens is 1. The van der Waals surface area contributed by atoms with Crippen LogP contribution in [-0.4, -0.2) is 28.1 Å². The minimum Gasteiger partial charge on any atom is -0.488 e. The summed E-state index contributed by atoms with van der Waals surface area (Å²) in [4.78, 5) is 38.1. The van der Waals surface area contributed by atoms with Gasteiger partial charge in [-0.3, -0.25) is 9.59 Å². The molecular formula is C20H15BrN2O5S. The van der Waals surface area contributed by atoms with E-state index in [2.05, 4.69) is 26.2 Å². The van der Waals surface area contributed by atoms with E-state index in [0.717, 1.165) is 22.9 Å². The lowest BCUT2D eigenvalue weighted by Crippen LogP contribution is -2.23. The lowest BCUT2D eigenvalue weighted by molar-refractivity contribution is -0.117. The van der Waals surface area contributed by atoms with Crippen LogP contribution < -0.4 is 10.1 Å². The van der Waals surface area contributed by atoms with Crippen molar-refractivity contribution in [2.45, 2.75) is 13.5 Å². The van der Waals surface area contributed by atoms with Crippen LogP contribution in [0, 0.1) is 0 Å². The molecule has 3 rings (SSSR count). The largest absolute Gasteiger partial charge is 0.488 e. The first-order valence-corrected chi connectivity index (χ1v) is 9.97. The van der Waals surface area contributed by atoms with Crippen molar-refractivity contribution in [2.75, 3.05) is 0 Å². The summed E-state index contributed by atoms with van der Waals surface area (Å²) >= 11 is 4.56. The number of nitrogens with one attached hydrogen (secondary N) is 1. The van der Waals surface area contributed by atoms with Crippen molar-refractivity contribution in [3.63, 3.8) is 0 Å². The molecule has 0 saturated carbocycles. The van der Waals surface area contributed by atoms with Crippen LogP contribution in [0.25, 0.3) is 6.08 Å². The number of carbonyl (C=O) groups is 3. The van der Waals surface area contributed by atoms with Crippen LogP contribution in [0.3, 0.4) is 0 Å². The second-order valence-electron chi connectivity index (χ2n) is 5.99. The summed E-state index contributed by atoms with van der Waals surface area (Å²) in [6.45, 7) is 1.63. The smallest absolute Gasteiger partial charge is 0.335 e. The van der Waals surface area contributed by atoms with Crippen molar-refractivity contribution >= 4 is 56.7 Å². The fraction of sp³-hybridized carbons (Fsp3) is 0.100. The zero-order valence-corrected chi connectivity index (χ0v) is 17.5. The highest BCUT2D eigenvalue weighted by Gasteiger charge is 2.22. The average Bonchev–Trinajstić information content (AvgIpc) is 2.99. The number of thioether (sulfide) groups is 1. The Morgan fingerprint density at radius 3 is 2.59 bits per heavy atom. The summed E-state index contributed by atoms with van der Waals surface area (Å²) in [6, 6.07) is 11.8. The number of rotatable bonds is 5. The van der Waals surface area contributed by atoms with Crippen molar-refractivity contribution in [1.82, 2.24) is 5.32 Å². The number of benzene rings is 2. The molecule has 2 amide bonds. The Morgan fingerprint density at radius 1 is 1.24 bits per heavy atom. The van der Waals surface area contributed by atoms with Crippen molar-refractivity contribution in [3.05, 3.63) is 68.5 Å². The first-order chi connectivity index (χ1) is 13.8. The Bertz CT molecular complexity index is 1050. The van der Waals surface area contributed by atoms with Gasteiger partial charge in [0, 0.05) is 6.92 Å². The SMILES string of the molecule is CC(=O)NC1=NC(=O)/C(=C\c2ccc(OCc3ccc(C(=O)O)cc3)c(Br)c2)S1. The molecule has 0 unspecified atom stereocenters. The molecule has 0 saturated heterocycles. The molecule has 1 heterocycles. The monoisotopic (exact) mass is 474 g/mol. The lowest BCUT2D eigenvalue weighted by atomic mass is 10.1. The Kier molecular flexibility index (Phi) is 6.50. The van der Waals surface area contributed by atoms with Crippen LogP contribution in [0.1, 0.15) is 28.4 Å². The van der Waals surface area contributed by atoms with Gasteiger partial charge >= 0.3 is 5.97 Å². The van der Waals surface area contributed by atoms with E-state index < -0.39 is 11.9 Å². The van der Waals surface area contributed by atoms with Crippen LogP contribution >= 0.6 is 27.7 Å². The minimum atomic E-state index is -0.974. The van der Waals surface area contributed by atoms with Gasteiger partial charge < -0.3 is 15.2 Å². The number of carboxylic acid groups (broad SMARTS) is 1. The number of amidine groups is 1. The van der Waals surface area contributed by atoms with Gasteiger partial charge in [-0.15, -0.1) is 0 Å². The van der Waals surface area contributed by atoms with Crippen LogP contribution in [0.2, 0.25) is 0 Å². The molecule has 0 aliphatic carbocycles. The van der Waals surface area contributed by atoms with Crippen LogP contribution in [0.5, 0.6) is 5.75 Å². The third-order valence-corrected chi connectivity index (χ3v) is 5.27. The predicted octanol–water partition coefficient (Wildman–Crippen LogP) is 3.83. The molecule has 29 heavy (non-hydrogen) atoms. The third-order valence-electron chi connectivity index (χ3n) is 3.75. The standard InChI is InChI=1S/C20H15BrN2O5S/c1-11(24)22-20-23-18(25)17(29-20)9-13-4-7-16(15(21)8-13)28-10-12-2-5-14(6-3-12)19(26)27/h2-9H,10H2,1H3,(H,26,27)(H,22,23,24,25)/b17-9+. The summed E-state index contributed by atoms with van der Waals surface area (Å²) < 4.78 is 6.47.